The standard InChI is InChI=1S/C38H52N6O7.C37H48N6O5S2.C23H23ClFNO5/c1-37(2,3)31(41-35(48)50-7)33(46)40-29(22-25-14-10-9-11-15-25)30(45)24-44(43-34(47)32(38(4,5)6)42-36(49)51-8)23-26-17-19-27(20-18-26)28-16-12-13-21-39-28;1-24(2)33(42-36(46)43(5)20-29-22-49-35(40-29)25(3)4)34(45)39-28(16-26-12-8-6-9-13-26)18-32(44)31(17-27-14-10-7-11-15-27)41-37(47)48-21-30-19-38-23-50-30;1-12(2)19(11-27)26-10-16(23(29)30)22(28)15-8-14(20(31-3)9-18(15)26)7-13-5-4-6-17(24)21(13)25/h9-21,29-32,45H,22-24H2,1-8H3,(H,40,46)(H,41,48)(H,42,49)(H,43,47);6-15,19,22-25,28,31-33,44H,16-18,20-21H2,1-5H3,(H,39,45)(H,41,47)(H,42,46);4-6,8-10,12,19,27H,7,11H2,1-3H3,(H,29,30)/t29-,30-,31+,32+;28-,31-,32-,33-;19-/m001/s1. The average molecular weight is 1870 g/mol. The van der Waals surface area contributed by atoms with Gasteiger partial charge < -0.3 is 80.7 Å². The zero-order valence-corrected chi connectivity index (χ0v) is 79.7. The molecule has 6 aromatic carbocycles. The molecule has 0 saturated carbocycles. The van der Waals surface area contributed by atoms with Crippen LogP contribution < -0.4 is 47.5 Å². The van der Waals surface area contributed by atoms with Crippen LogP contribution in [0.3, 0.4) is 0 Å². The lowest BCUT2D eigenvalue weighted by atomic mass is 9.85. The van der Waals surface area contributed by atoms with E-state index in [1.807, 2.05) is 187 Å². The van der Waals surface area contributed by atoms with E-state index in [1.165, 1.54) is 55.9 Å². The number of hydrogen-bond acceptors (Lipinski definition) is 22. The number of pyridine rings is 2. The first-order valence-electron chi connectivity index (χ1n) is 43.3. The number of aromatic nitrogens is 4. The fourth-order valence-corrected chi connectivity index (χ4v) is 16.0. The molecule has 0 aliphatic heterocycles. The number of methoxy groups -OCH3 is 3. The molecule has 0 radical (unpaired) electrons. The lowest BCUT2D eigenvalue weighted by Gasteiger charge is -2.35. The third-order valence-corrected chi connectivity index (χ3v) is 24.0. The van der Waals surface area contributed by atoms with Gasteiger partial charge >= 0.3 is 30.3 Å². The van der Waals surface area contributed by atoms with Gasteiger partial charge in [-0.3, -0.25) is 34.6 Å². The number of aromatic carboxylic acids is 1. The molecule has 0 spiro atoms. The number of alkyl carbamates (subject to hydrolysis) is 3. The van der Waals surface area contributed by atoms with Crippen molar-refractivity contribution in [1.82, 2.24) is 66.8 Å². The number of hydrazine groups is 1. The Morgan fingerprint density at radius 3 is 1.72 bits per heavy atom. The van der Waals surface area contributed by atoms with Crippen LogP contribution in [0.2, 0.25) is 5.02 Å². The van der Waals surface area contributed by atoms with Crippen LogP contribution in [0.25, 0.3) is 22.2 Å². The Balaban J connectivity index is 0.000000251. The predicted molar refractivity (Wildman–Crippen MR) is 508 cm³/mol. The van der Waals surface area contributed by atoms with E-state index in [0.29, 0.717) is 47.7 Å². The molecule has 0 unspecified atom stereocenters. The molecule has 10 aromatic rings. The first-order valence-corrected chi connectivity index (χ1v) is 45.5. The molecular weight excluding hydrogens is 1750 g/mol. The van der Waals surface area contributed by atoms with Gasteiger partial charge in [0.25, 0.3) is 5.91 Å². The molecular formula is C98H123ClFN13O17S2. The fourth-order valence-electron chi connectivity index (χ4n) is 14.5. The van der Waals surface area contributed by atoms with E-state index in [2.05, 4.69) is 66.1 Å². The first-order chi connectivity index (χ1) is 62.7. The van der Waals surface area contributed by atoms with Crippen molar-refractivity contribution < 1.29 is 82.1 Å². The number of urea groups is 1. The van der Waals surface area contributed by atoms with Crippen molar-refractivity contribution in [2.75, 3.05) is 41.5 Å². The van der Waals surface area contributed by atoms with Gasteiger partial charge in [-0.25, -0.2) is 38.4 Å². The number of aliphatic hydroxyl groups excluding tert-OH is 3. The maximum absolute atomic E-state index is 14.4. The Hall–Kier alpha value is -12.2. The largest absolute Gasteiger partial charge is 0.496 e. The number of thiazole rings is 2. The van der Waals surface area contributed by atoms with Gasteiger partial charge in [-0.2, -0.15) is 0 Å². The van der Waals surface area contributed by atoms with Gasteiger partial charge in [0.15, 0.2) is 0 Å². The number of amides is 8. The Morgan fingerprint density at radius 2 is 1.20 bits per heavy atom. The van der Waals surface area contributed by atoms with E-state index >= 15 is 0 Å². The van der Waals surface area contributed by atoms with Gasteiger partial charge in [-0.05, 0) is 106 Å². The van der Waals surface area contributed by atoms with Crippen molar-refractivity contribution in [1.29, 1.82) is 0 Å². The van der Waals surface area contributed by atoms with Gasteiger partial charge in [-0.1, -0.05) is 228 Å². The first kappa shape index (κ1) is 105. The molecule has 9 atom stereocenters. The van der Waals surface area contributed by atoms with Gasteiger partial charge in [0.05, 0.1) is 102 Å². The zero-order chi connectivity index (χ0) is 96.7. The van der Waals surface area contributed by atoms with Gasteiger partial charge in [0, 0.05) is 79.5 Å². The third-order valence-electron chi connectivity index (χ3n) is 21.7. The molecule has 10 rings (SSSR count). The van der Waals surface area contributed by atoms with Crippen molar-refractivity contribution in [3.05, 3.63) is 269 Å². The van der Waals surface area contributed by atoms with Crippen molar-refractivity contribution in [3.63, 3.8) is 0 Å². The van der Waals surface area contributed by atoms with E-state index in [0.717, 1.165) is 49.1 Å². The van der Waals surface area contributed by atoms with E-state index < -0.39 is 118 Å². The summed E-state index contributed by atoms with van der Waals surface area (Å²) in [5, 5.41) is 64.7. The summed E-state index contributed by atoms with van der Waals surface area (Å²) in [5.41, 5.74) is 9.41. The number of nitrogens with zero attached hydrogens (tertiary/aromatic N) is 6. The maximum Gasteiger partial charge on any atom is 0.407 e. The second kappa shape index (κ2) is 50.4. The van der Waals surface area contributed by atoms with Crippen LogP contribution in [-0.4, -0.2) is 188 Å². The third kappa shape index (κ3) is 31.8. The number of nitrogens with one attached hydrogen (secondary N) is 7. The predicted octanol–water partition coefficient (Wildman–Crippen LogP) is 14.4. The molecule has 132 heavy (non-hydrogen) atoms. The monoisotopic (exact) mass is 1870 g/mol. The van der Waals surface area contributed by atoms with E-state index in [1.54, 1.807) is 84.8 Å². The molecule has 0 aliphatic rings. The number of aliphatic hydroxyl groups is 3. The Bertz CT molecular complexity index is 5460. The number of rotatable bonds is 38. The van der Waals surface area contributed by atoms with Crippen LogP contribution in [0.5, 0.6) is 5.75 Å². The van der Waals surface area contributed by atoms with Crippen LogP contribution in [0.1, 0.15) is 161 Å². The minimum atomic E-state index is -1.36. The lowest BCUT2D eigenvalue weighted by Crippen LogP contribution is -2.60. The molecule has 11 N–H and O–H groups in total. The normalized spacial score (nSPS) is 13.5. The van der Waals surface area contributed by atoms with Crippen LogP contribution >= 0.6 is 34.3 Å². The number of carboxylic acids is 1. The van der Waals surface area contributed by atoms with Gasteiger partial charge in [0.2, 0.25) is 17.2 Å². The quantitative estimate of drug-likeness (QED) is 0.0126. The van der Waals surface area contributed by atoms with E-state index in [4.69, 9.17) is 30.5 Å². The summed E-state index contributed by atoms with van der Waals surface area (Å²) < 4.78 is 36.5. The molecule has 0 aliphatic carbocycles. The highest BCUT2D eigenvalue weighted by molar-refractivity contribution is 7.10. The Morgan fingerprint density at radius 1 is 0.621 bits per heavy atom. The Labute approximate surface area is 782 Å². The van der Waals surface area contributed by atoms with Crippen molar-refractivity contribution in [2.24, 2.45) is 22.7 Å². The van der Waals surface area contributed by atoms with Crippen molar-refractivity contribution >= 4 is 93.2 Å². The van der Waals surface area contributed by atoms with Crippen LogP contribution in [0.4, 0.5) is 23.6 Å². The number of carboxylic acid groups (broad SMARTS) is 1. The van der Waals surface area contributed by atoms with Crippen molar-refractivity contribution in [3.8, 4) is 17.0 Å². The number of carbonyl (C=O) groups excluding carboxylic acids is 7. The molecule has 8 amide bonds. The number of ether oxygens (including phenoxy) is 4. The highest BCUT2D eigenvalue weighted by Gasteiger charge is 2.39. The molecule has 4 heterocycles. The molecule has 0 fully saturated rings. The summed E-state index contributed by atoms with van der Waals surface area (Å²) in [6, 6.07) is 43.9. The zero-order valence-electron chi connectivity index (χ0n) is 77.3. The smallest absolute Gasteiger partial charge is 0.407 e. The molecule has 34 heteroatoms. The molecule has 0 bridgehead atoms. The second-order valence-corrected chi connectivity index (χ2v) is 37.5. The summed E-state index contributed by atoms with van der Waals surface area (Å²) in [4.78, 5) is 132. The Kier molecular flexibility index (Phi) is 40.1. The number of halogens is 2. The van der Waals surface area contributed by atoms with Crippen molar-refractivity contribution in [2.45, 2.75) is 195 Å². The minimum Gasteiger partial charge on any atom is -0.496 e. The van der Waals surface area contributed by atoms with Crippen LogP contribution in [0, 0.1) is 28.5 Å². The maximum atomic E-state index is 14.4. The second-order valence-electron chi connectivity index (χ2n) is 35.2. The minimum absolute atomic E-state index is 0.0181. The highest BCUT2D eigenvalue weighted by atomic mass is 35.5. The number of carbonyl (C=O) groups is 8. The van der Waals surface area contributed by atoms with Gasteiger partial charge in [-0.15, -0.1) is 22.7 Å². The summed E-state index contributed by atoms with van der Waals surface area (Å²) in [5.74, 6) is -2.87. The van der Waals surface area contributed by atoms with E-state index in [-0.39, 0.29) is 79.7 Å². The number of hydrogen-bond donors (Lipinski definition) is 11. The average Bonchev–Trinajstić information content (AvgIpc) is 0.768. The highest BCUT2D eigenvalue weighted by Crippen LogP contribution is 2.33. The molecule has 0 saturated heterocycles. The van der Waals surface area contributed by atoms with E-state index in [9.17, 15) is 68.0 Å². The summed E-state index contributed by atoms with van der Waals surface area (Å²) in [6.07, 6.45) is 1.40. The van der Waals surface area contributed by atoms with Crippen LogP contribution in [-0.2, 0) is 74.0 Å². The molecule has 4 aromatic heterocycles. The summed E-state index contributed by atoms with van der Waals surface area (Å²) >= 11 is 8.83. The van der Waals surface area contributed by atoms with Gasteiger partial charge in [0.1, 0.15) is 41.9 Å². The number of fused-ring (bicyclic) bond motifs is 1. The summed E-state index contributed by atoms with van der Waals surface area (Å²) in [6.45, 7) is 22.7. The van der Waals surface area contributed by atoms with Crippen LogP contribution in [0.15, 0.2) is 198 Å². The SMILES string of the molecule is CC(C)c1nc(CN(C)C(=O)N[C@H](C(=O)N[C@@H](Cc2ccccc2)C[C@H](O)[C@H](Cc2ccccc2)NC(=O)OCc2cncs2)C(C)C)cs1.COC(=O)N[C@H](C(=O)N[C@@H](Cc1ccccc1)[C@@H](O)CN(Cc1ccc(-c2ccccn2)cc1)NC(=O)[C@@H](NC(=O)OC)C(C)(C)C)C(C)(C)C.COc1cc2c(cc1Cc1cccc(Cl)c1F)c(=O)c(C(=O)O)cn2[C@H](CO)C(C)C. The summed E-state index contributed by atoms with van der Waals surface area (Å²) in [7, 11) is 5.57. The number of benzene rings is 6. The fraction of sp³-hybridized carbons (Fsp3) is 0.408. The topological polar surface area (TPSA) is 406 Å². The lowest BCUT2D eigenvalue weighted by molar-refractivity contribution is -0.132. The molecule has 708 valence electrons. The molecule has 30 nitrogen and oxygen atoms in total.